The lowest BCUT2D eigenvalue weighted by Crippen LogP contribution is -2.12. The summed E-state index contributed by atoms with van der Waals surface area (Å²) >= 11 is 12.8. The number of phenols is 1. The summed E-state index contributed by atoms with van der Waals surface area (Å²) in [4.78, 5) is 15.5. The highest BCUT2D eigenvalue weighted by atomic mass is 35.5. The van der Waals surface area contributed by atoms with E-state index in [1.165, 1.54) is 23.5 Å². The van der Waals surface area contributed by atoms with Crippen molar-refractivity contribution >= 4 is 46.1 Å². The van der Waals surface area contributed by atoms with E-state index in [-0.39, 0.29) is 22.2 Å². The Kier molecular flexibility index (Phi) is 3.51. The second-order valence-electron chi connectivity index (χ2n) is 3.11. The summed E-state index contributed by atoms with van der Waals surface area (Å²) < 4.78 is 0. The van der Waals surface area contributed by atoms with Crippen molar-refractivity contribution in [2.75, 3.05) is 5.32 Å². The fraction of sp³-hybridized carbons (Fsp3) is 0. The van der Waals surface area contributed by atoms with E-state index in [1.807, 2.05) is 0 Å². The monoisotopic (exact) mass is 288 g/mol. The van der Waals surface area contributed by atoms with Gasteiger partial charge in [-0.15, -0.1) is 11.3 Å². The van der Waals surface area contributed by atoms with Crippen molar-refractivity contribution < 1.29 is 9.90 Å². The van der Waals surface area contributed by atoms with Gasteiger partial charge in [0.15, 0.2) is 5.75 Å². The van der Waals surface area contributed by atoms with Crippen molar-refractivity contribution in [2.45, 2.75) is 0 Å². The van der Waals surface area contributed by atoms with Gasteiger partial charge in [0, 0.05) is 10.4 Å². The Bertz CT molecular complexity index is 558. The molecule has 1 heterocycles. The largest absolute Gasteiger partial charge is 0.504 e. The first-order chi connectivity index (χ1) is 8.08. The fourth-order valence-electron chi connectivity index (χ4n) is 1.17. The predicted octanol–water partition coefficient (Wildman–Crippen LogP) is 3.41. The number of hydrogen-bond acceptors (Lipinski definition) is 4. The van der Waals surface area contributed by atoms with Gasteiger partial charge in [-0.3, -0.25) is 4.79 Å². The zero-order chi connectivity index (χ0) is 12.4. The van der Waals surface area contributed by atoms with Crippen LogP contribution in [0.4, 0.5) is 5.69 Å². The van der Waals surface area contributed by atoms with Gasteiger partial charge in [-0.25, -0.2) is 4.98 Å². The summed E-state index contributed by atoms with van der Waals surface area (Å²) in [6.07, 6.45) is 0. The van der Waals surface area contributed by atoms with E-state index < -0.39 is 5.91 Å². The molecule has 0 fully saturated rings. The highest BCUT2D eigenvalue weighted by Gasteiger charge is 2.13. The summed E-state index contributed by atoms with van der Waals surface area (Å²) in [7, 11) is 0. The van der Waals surface area contributed by atoms with Crippen LogP contribution in [0.3, 0.4) is 0 Å². The number of hydrogen-bond donors (Lipinski definition) is 2. The average molecular weight is 289 g/mol. The van der Waals surface area contributed by atoms with Crippen molar-refractivity contribution in [1.82, 2.24) is 4.98 Å². The van der Waals surface area contributed by atoms with E-state index in [0.717, 1.165) is 0 Å². The Morgan fingerprint density at radius 3 is 2.82 bits per heavy atom. The highest BCUT2D eigenvalue weighted by molar-refractivity contribution is 7.07. The minimum Gasteiger partial charge on any atom is -0.504 e. The number of halogens is 2. The third kappa shape index (κ3) is 2.69. The van der Waals surface area contributed by atoms with Crippen LogP contribution in [0, 0.1) is 0 Å². The fourth-order valence-corrected chi connectivity index (χ4v) is 2.20. The van der Waals surface area contributed by atoms with Crippen LogP contribution in [-0.4, -0.2) is 16.0 Å². The van der Waals surface area contributed by atoms with Gasteiger partial charge in [0.05, 0.1) is 16.2 Å². The summed E-state index contributed by atoms with van der Waals surface area (Å²) in [5.74, 6) is -0.653. The van der Waals surface area contributed by atoms with Crippen LogP contribution in [0.1, 0.15) is 10.5 Å². The van der Waals surface area contributed by atoms with Crippen molar-refractivity contribution in [1.29, 1.82) is 0 Å². The number of rotatable bonds is 2. The van der Waals surface area contributed by atoms with E-state index in [0.29, 0.717) is 5.02 Å². The Balaban J connectivity index is 2.28. The van der Waals surface area contributed by atoms with Crippen molar-refractivity contribution in [3.8, 4) is 5.75 Å². The first kappa shape index (κ1) is 12.2. The Morgan fingerprint density at radius 2 is 2.18 bits per heavy atom. The second kappa shape index (κ2) is 4.91. The van der Waals surface area contributed by atoms with Crippen molar-refractivity contribution in [3.63, 3.8) is 0 Å². The van der Waals surface area contributed by atoms with Crippen LogP contribution in [0.5, 0.6) is 5.75 Å². The lowest BCUT2D eigenvalue weighted by Gasteiger charge is -2.07. The molecule has 0 aliphatic heterocycles. The highest BCUT2D eigenvalue weighted by Crippen LogP contribution is 2.35. The maximum atomic E-state index is 11.7. The summed E-state index contributed by atoms with van der Waals surface area (Å²) in [5.41, 5.74) is 1.96. The molecule has 4 nitrogen and oxygen atoms in total. The van der Waals surface area contributed by atoms with Crippen molar-refractivity contribution in [2.24, 2.45) is 0 Å². The molecular formula is C10H6Cl2N2O2S. The van der Waals surface area contributed by atoms with Gasteiger partial charge in [0.1, 0.15) is 5.69 Å². The Hall–Kier alpha value is -1.30. The second-order valence-corrected chi connectivity index (χ2v) is 4.67. The topological polar surface area (TPSA) is 62.2 Å². The van der Waals surface area contributed by atoms with Crippen LogP contribution in [-0.2, 0) is 0 Å². The Labute approximate surface area is 111 Å². The van der Waals surface area contributed by atoms with Gasteiger partial charge in [0.25, 0.3) is 5.91 Å². The van der Waals surface area contributed by atoms with E-state index in [9.17, 15) is 9.90 Å². The molecule has 0 radical (unpaired) electrons. The van der Waals surface area contributed by atoms with Gasteiger partial charge < -0.3 is 10.4 Å². The number of nitrogens with zero attached hydrogens (tertiary/aromatic N) is 1. The maximum Gasteiger partial charge on any atom is 0.275 e. The van der Waals surface area contributed by atoms with Gasteiger partial charge in [0.2, 0.25) is 0 Å². The molecule has 7 heteroatoms. The van der Waals surface area contributed by atoms with Crippen LogP contribution in [0.25, 0.3) is 0 Å². The number of benzene rings is 1. The average Bonchev–Trinajstić information content (AvgIpc) is 2.78. The SMILES string of the molecule is O=C(Nc1cc(Cl)cc(Cl)c1O)c1cscn1. The predicted molar refractivity (Wildman–Crippen MR) is 68.2 cm³/mol. The minimum absolute atomic E-state index is 0.0751. The standard InChI is InChI=1S/C10H6Cl2N2O2S/c11-5-1-6(12)9(15)7(2-5)14-10(16)8-3-17-4-13-8/h1-4,15H,(H,14,16). The van der Waals surface area contributed by atoms with Gasteiger partial charge in [-0.2, -0.15) is 0 Å². The van der Waals surface area contributed by atoms with Gasteiger partial charge in [-0.05, 0) is 12.1 Å². The van der Waals surface area contributed by atoms with Crippen LogP contribution in [0.15, 0.2) is 23.0 Å². The molecule has 0 unspecified atom stereocenters. The summed E-state index contributed by atoms with van der Waals surface area (Å²) in [6, 6.07) is 2.80. The number of aromatic hydroxyl groups is 1. The number of nitrogens with one attached hydrogen (secondary N) is 1. The number of phenolic OH excluding ortho intramolecular Hbond substituents is 1. The van der Waals surface area contributed by atoms with Gasteiger partial charge >= 0.3 is 0 Å². The van der Waals surface area contributed by atoms with E-state index in [2.05, 4.69) is 10.3 Å². The molecule has 2 N–H and O–H groups in total. The molecule has 17 heavy (non-hydrogen) atoms. The molecule has 88 valence electrons. The molecule has 0 saturated heterocycles. The number of aromatic nitrogens is 1. The molecular weight excluding hydrogens is 283 g/mol. The summed E-state index contributed by atoms with van der Waals surface area (Å²) in [5, 5.41) is 14.1. The number of anilines is 1. The van der Waals surface area contributed by atoms with Crippen LogP contribution in [0.2, 0.25) is 10.0 Å². The molecule has 0 atom stereocenters. The normalized spacial score (nSPS) is 10.2. The number of carbonyl (C=O) groups excluding carboxylic acids is 1. The first-order valence-corrected chi connectivity index (χ1v) is 6.15. The van der Waals surface area contributed by atoms with Gasteiger partial charge in [-0.1, -0.05) is 23.2 Å². The zero-order valence-corrected chi connectivity index (χ0v) is 10.6. The van der Waals surface area contributed by atoms with Crippen LogP contribution >= 0.6 is 34.5 Å². The number of carbonyl (C=O) groups is 1. The molecule has 0 saturated carbocycles. The van der Waals surface area contributed by atoms with E-state index >= 15 is 0 Å². The molecule has 2 aromatic rings. The molecule has 1 amide bonds. The number of amides is 1. The smallest absolute Gasteiger partial charge is 0.275 e. The van der Waals surface area contributed by atoms with E-state index in [4.69, 9.17) is 23.2 Å². The molecule has 1 aromatic heterocycles. The molecule has 0 spiro atoms. The molecule has 1 aromatic carbocycles. The third-order valence-corrected chi connectivity index (χ3v) is 3.03. The lowest BCUT2D eigenvalue weighted by molar-refractivity contribution is 0.102. The first-order valence-electron chi connectivity index (χ1n) is 4.45. The van der Waals surface area contributed by atoms with Crippen molar-refractivity contribution in [3.05, 3.63) is 38.8 Å². The third-order valence-electron chi connectivity index (χ3n) is 1.94. The molecule has 0 aliphatic carbocycles. The minimum atomic E-state index is -0.431. The van der Waals surface area contributed by atoms with E-state index in [1.54, 1.807) is 10.9 Å². The molecule has 0 bridgehead atoms. The molecule has 0 aliphatic rings. The summed E-state index contributed by atoms with van der Waals surface area (Å²) in [6.45, 7) is 0. The number of thiazole rings is 1. The quantitative estimate of drug-likeness (QED) is 0.833. The Morgan fingerprint density at radius 1 is 1.41 bits per heavy atom. The lowest BCUT2D eigenvalue weighted by atomic mass is 10.3. The maximum absolute atomic E-state index is 11.7. The zero-order valence-electron chi connectivity index (χ0n) is 8.28. The van der Waals surface area contributed by atoms with Crippen LogP contribution < -0.4 is 5.32 Å². The molecule has 2 rings (SSSR count).